The molecule has 0 aromatic rings. The topological polar surface area (TPSA) is 33.3 Å². The first-order valence-electron chi connectivity index (χ1n) is 3.49. The van der Waals surface area contributed by atoms with Gasteiger partial charge in [0.1, 0.15) is 5.76 Å². The molecule has 0 spiro atoms. The van der Waals surface area contributed by atoms with Gasteiger partial charge in [-0.3, -0.25) is 0 Å². The quantitative estimate of drug-likeness (QED) is 0.504. The van der Waals surface area contributed by atoms with Gasteiger partial charge in [0, 0.05) is 6.54 Å². The maximum Gasteiger partial charge on any atom is 0.146 e. The molecule has 0 radical (unpaired) electrons. The van der Waals surface area contributed by atoms with Crippen molar-refractivity contribution in [3.63, 3.8) is 0 Å². The highest BCUT2D eigenvalue weighted by Gasteiger charge is 2.19. The maximum absolute atomic E-state index is 5.18. The summed E-state index contributed by atoms with van der Waals surface area (Å²) < 4.78 is 0. The smallest absolute Gasteiger partial charge is 0.146 e. The molecule has 2 aliphatic rings. The van der Waals surface area contributed by atoms with E-state index in [9.17, 15) is 0 Å². The molecule has 3 heteroatoms. The van der Waals surface area contributed by atoms with Crippen molar-refractivity contribution >= 4 is 0 Å². The molecule has 0 aromatic carbocycles. The number of allylic oxidation sites excluding steroid dienone is 2. The van der Waals surface area contributed by atoms with Crippen LogP contribution in [0.25, 0.3) is 0 Å². The first-order valence-corrected chi connectivity index (χ1v) is 3.49. The summed E-state index contributed by atoms with van der Waals surface area (Å²) in [6.45, 7) is 0.919. The summed E-state index contributed by atoms with van der Waals surface area (Å²) >= 11 is 0. The van der Waals surface area contributed by atoms with Crippen LogP contribution in [0.15, 0.2) is 24.1 Å². The Labute approximate surface area is 59.7 Å². The van der Waals surface area contributed by atoms with Gasteiger partial charge >= 0.3 is 0 Å². The van der Waals surface area contributed by atoms with Crippen LogP contribution in [-0.4, -0.2) is 12.6 Å². The molecule has 0 bridgehead atoms. The van der Waals surface area contributed by atoms with Crippen molar-refractivity contribution in [1.29, 1.82) is 0 Å². The number of hydroxylamine groups is 1. The van der Waals surface area contributed by atoms with E-state index in [0.717, 1.165) is 18.7 Å². The van der Waals surface area contributed by atoms with Crippen LogP contribution in [0, 0.1) is 0 Å². The number of hydrogen-bond donors (Lipinski definition) is 2. The van der Waals surface area contributed by atoms with Gasteiger partial charge in [-0.2, -0.15) is 5.48 Å². The molecule has 0 saturated carbocycles. The van der Waals surface area contributed by atoms with Crippen LogP contribution in [-0.2, 0) is 4.84 Å². The van der Waals surface area contributed by atoms with E-state index in [-0.39, 0.29) is 0 Å². The highest BCUT2D eigenvalue weighted by Crippen LogP contribution is 2.13. The average molecular weight is 138 g/mol. The molecule has 1 atom stereocenters. The van der Waals surface area contributed by atoms with Crippen LogP contribution >= 0.6 is 0 Å². The van der Waals surface area contributed by atoms with Gasteiger partial charge in [0.25, 0.3) is 0 Å². The van der Waals surface area contributed by atoms with Crippen molar-refractivity contribution in [2.24, 2.45) is 0 Å². The summed E-state index contributed by atoms with van der Waals surface area (Å²) in [6.07, 6.45) is 6.96. The summed E-state index contributed by atoms with van der Waals surface area (Å²) in [5.41, 5.74) is 2.84. The number of hydrogen-bond acceptors (Lipinski definition) is 3. The van der Waals surface area contributed by atoms with Gasteiger partial charge in [-0.25, -0.2) is 0 Å². The molecule has 2 aliphatic heterocycles. The zero-order valence-electron chi connectivity index (χ0n) is 5.63. The standard InChI is InChI=1S/C7H10N2O/c1-2-7-6(8-4-1)3-5-9-10-7/h1-2,4,6,8-9H,3,5H2. The molecule has 2 rings (SSSR count). The zero-order chi connectivity index (χ0) is 6.81. The molecule has 1 unspecified atom stereocenters. The second-order valence-electron chi connectivity index (χ2n) is 2.43. The minimum Gasteiger partial charge on any atom is -0.411 e. The van der Waals surface area contributed by atoms with Crippen molar-refractivity contribution in [1.82, 2.24) is 10.8 Å². The lowest BCUT2D eigenvalue weighted by Crippen LogP contribution is -2.39. The summed E-state index contributed by atoms with van der Waals surface area (Å²) in [7, 11) is 0. The van der Waals surface area contributed by atoms with Gasteiger partial charge in [-0.1, -0.05) is 0 Å². The zero-order valence-corrected chi connectivity index (χ0v) is 5.63. The number of fused-ring (bicyclic) bond motifs is 1. The Morgan fingerprint density at radius 2 is 2.60 bits per heavy atom. The second kappa shape index (κ2) is 2.34. The molecule has 0 aromatic heterocycles. The van der Waals surface area contributed by atoms with E-state index in [1.54, 1.807) is 0 Å². The van der Waals surface area contributed by atoms with Crippen molar-refractivity contribution in [2.45, 2.75) is 12.5 Å². The lowest BCUT2D eigenvalue weighted by atomic mass is 10.1. The lowest BCUT2D eigenvalue weighted by molar-refractivity contribution is 0.0577. The Bertz CT molecular complexity index is 186. The molecular formula is C7H10N2O. The van der Waals surface area contributed by atoms with Crippen LogP contribution in [0.1, 0.15) is 6.42 Å². The third-order valence-electron chi connectivity index (χ3n) is 1.72. The Morgan fingerprint density at radius 1 is 1.60 bits per heavy atom. The Morgan fingerprint density at radius 3 is 3.50 bits per heavy atom. The van der Waals surface area contributed by atoms with Gasteiger partial charge in [-0.15, -0.1) is 0 Å². The van der Waals surface area contributed by atoms with Crippen molar-refractivity contribution in [2.75, 3.05) is 6.54 Å². The highest BCUT2D eigenvalue weighted by atomic mass is 16.7. The Hall–Kier alpha value is -0.960. The van der Waals surface area contributed by atoms with Crippen LogP contribution in [0.2, 0.25) is 0 Å². The fourth-order valence-corrected chi connectivity index (χ4v) is 1.18. The van der Waals surface area contributed by atoms with E-state index in [2.05, 4.69) is 10.8 Å². The van der Waals surface area contributed by atoms with E-state index in [4.69, 9.17) is 4.84 Å². The van der Waals surface area contributed by atoms with Gasteiger partial charge in [0.2, 0.25) is 0 Å². The molecule has 0 amide bonds. The Kier molecular flexibility index (Phi) is 1.36. The fourth-order valence-electron chi connectivity index (χ4n) is 1.18. The largest absolute Gasteiger partial charge is 0.411 e. The van der Waals surface area contributed by atoms with E-state index in [1.807, 2.05) is 18.4 Å². The molecule has 54 valence electrons. The summed E-state index contributed by atoms with van der Waals surface area (Å²) in [6, 6.07) is 0.395. The van der Waals surface area contributed by atoms with E-state index in [0.29, 0.717) is 6.04 Å². The molecule has 10 heavy (non-hydrogen) atoms. The van der Waals surface area contributed by atoms with E-state index in [1.165, 1.54) is 0 Å². The van der Waals surface area contributed by atoms with Crippen LogP contribution in [0.3, 0.4) is 0 Å². The van der Waals surface area contributed by atoms with Gasteiger partial charge in [0.05, 0.1) is 6.04 Å². The van der Waals surface area contributed by atoms with Crippen molar-refractivity contribution < 1.29 is 4.84 Å². The predicted octanol–water partition coefficient (Wildman–Crippen LogP) is 0.281. The predicted molar refractivity (Wildman–Crippen MR) is 37.9 cm³/mol. The lowest BCUT2D eigenvalue weighted by Gasteiger charge is -2.27. The maximum atomic E-state index is 5.18. The highest BCUT2D eigenvalue weighted by molar-refractivity contribution is 5.18. The number of nitrogens with one attached hydrogen (secondary N) is 2. The molecular weight excluding hydrogens is 128 g/mol. The van der Waals surface area contributed by atoms with Crippen LogP contribution in [0.4, 0.5) is 0 Å². The summed E-state index contributed by atoms with van der Waals surface area (Å²) in [4.78, 5) is 5.18. The summed E-state index contributed by atoms with van der Waals surface area (Å²) in [5, 5.41) is 3.21. The van der Waals surface area contributed by atoms with Crippen molar-refractivity contribution in [3.8, 4) is 0 Å². The fraction of sp³-hybridized carbons (Fsp3) is 0.429. The normalized spacial score (nSPS) is 29.6. The minimum atomic E-state index is 0.395. The third kappa shape index (κ3) is 0.885. The minimum absolute atomic E-state index is 0.395. The van der Waals surface area contributed by atoms with Crippen LogP contribution < -0.4 is 10.8 Å². The van der Waals surface area contributed by atoms with Gasteiger partial charge < -0.3 is 10.2 Å². The third-order valence-corrected chi connectivity index (χ3v) is 1.72. The van der Waals surface area contributed by atoms with Gasteiger partial charge in [0.15, 0.2) is 0 Å². The van der Waals surface area contributed by atoms with E-state index >= 15 is 0 Å². The number of dihydropyridines is 1. The first-order chi connectivity index (χ1) is 4.97. The number of rotatable bonds is 0. The SMILES string of the molecule is C1=CNC2CCNOC2=C1. The average Bonchev–Trinajstić information content (AvgIpc) is 2.05. The molecule has 0 aliphatic carbocycles. The first kappa shape index (κ1) is 5.80. The molecule has 3 nitrogen and oxygen atoms in total. The van der Waals surface area contributed by atoms with Crippen LogP contribution in [0.5, 0.6) is 0 Å². The van der Waals surface area contributed by atoms with E-state index < -0.39 is 0 Å². The molecule has 2 N–H and O–H groups in total. The van der Waals surface area contributed by atoms with Crippen molar-refractivity contribution in [3.05, 3.63) is 24.1 Å². The second-order valence-corrected chi connectivity index (χ2v) is 2.43. The molecule has 2 heterocycles. The monoisotopic (exact) mass is 138 g/mol. The summed E-state index contributed by atoms with van der Waals surface area (Å²) in [5.74, 6) is 0.994. The molecule has 1 saturated heterocycles. The molecule has 1 fully saturated rings. The van der Waals surface area contributed by atoms with Gasteiger partial charge in [-0.05, 0) is 24.8 Å². The Balaban J connectivity index is 2.14.